The molecular formula is C18H16BrClN4O2. The molecule has 4 rings (SSSR count). The topological polar surface area (TPSA) is 65.0 Å². The molecule has 0 radical (unpaired) electrons. The number of fused-ring (bicyclic) bond motifs is 2. The van der Waals surface area contributed by atoms with Gasteiger partial charge in [-0.25, -0.2) is 0 Å². The Balaban J connectivity index is 1.38. The number of aryl methyl sites for hydroxylation is 2. The smallest absolute Gasteiger partial charge is 0.268 e. The molecule has 1 amide bonds. The minimum atomic E-state index is -0.122. The summed E-state index contributed by atoms with van der Waals surface area (Å²) >= 11 is 9.46. The molecule has 26 heavy (non-hydrogen) atoms. The number of hydrogen-bond acceptors (Lipinski definition) is 3. The van der Waals surface area contributed by atoms with Gasteiger partial charge >= 0.3 is 0 Å². The van der Waals surface area contributed by atoms with Crippen molar-refractivity contribution in [1.82, 2.24) is 19.7 Å². The third-order valence-electron chi connectivity index (χ3n) is 4.40. The first kappa shape index (κ1) is 17.2. The number of carbonyl (C=O) groups excluding carboxylic acids is 1. The number of nitrogens with zero attached hydrogens (tertiary/aromatic N) is 3. The molecule has 1 aromatic carbocycles. The van der Waals surface area contributed by atoms with Crippen LogP contribution in [0.25, 0.3) is 22.0 Å². The molecule has 0 saturated heterocycles. The highest BCUT2D eigenvalue weighted by molar-refractivity contribution is 9.10. The van der Waals surface area contributed by atoms with Gasteiger partial charge in [0.15, 0.2) is 10.3 Å². The van der Waals surface area contributed by atoms with Crippen molar-refractivity contribution in [2.45, 2.75) is 13.0 Å². The second-order valence-electron chi connectivity index (χ2n) is 6.04. The molecule has 0 atom stereocenters. The average molecular weight is 436 g/mol. The molecule has 1 N–H and O–H groups in total. The van der Waals surface area contributed by atoms with Crippen LogP contribution >= 0.6 is 27.5 Å². The molecular weight excluding hydrogens is 420 g/mol. The summed E-state index contributed by atoms with van der Waals surface area (Å²) in [4.78, 5) is 12.4. The standard InChI is InChI=1S/C18H16BrClN4O2/c1-23-14-9-17(19)26-16(14)8-15(23)18(25)21-6-3-7-24-13-5-2-4-12(20)11(13)10-22-24/h2,4-5,8-10H,3,6-7H2,1H3,(H,21,25). The summed E-state index contributed by atoms with van der Waals surface area (Å²) < 4.78 is 9.87. The average Bonchev–Trinajstić information content (AvgIpc) is 3.27. The quantitative estimate of drug-likeness (QED) is 0.474. The molecule has 3 heterocycles. The lowest BCUT2D eigenvalue weighted by atomic mass is 10.2. The largest absolute Gasteiger partial charge is 0.448 e. The highest BCUT2D eigenvalue weighted by atomic mass is 79.9. The van der Waals surface area contributed by atoms with Gasteiger partial charge in [-0.3, -0.25) is 9.48 Å². The zero-order chi connectivity index (χ0) is 18.3. The molecule has 0 unspecified atom stereocenters. The zero-order valence-corrected chi connectivity index (χ0v) is 16.3. The van der Waals surface area contributed by atoms with Crippen LogP contribution in [0.2, 0.25) is 5.02 Å². The van der Waals surface area contributed by atoms with Crippen LogP contribution in [0.4, 0.5) is 0 Å². The second-order valence-corrected chi connectivity index (χ2v) is 7.23. The van der Waals surface area contributed by atoms with E-state index in [2.05, 4.69) is 26.3 Å². The molecule has 134 valence electrons. The minimum Gasteiger partial charge on any atom is -0.448 e. The molecule has 0 fully saturated rings. The second kappa shape index (κ2) is 6.81. The van der Waals surface area contributed by atoms with Crippen LogP contribution in [-0.4, -0.2) is 26.8 Å². The summed E-state index contributed by atoms with van der Waals surface area (Å²) in [5.41, 5.74) is 3.13. The summed E-state index contributed by atoms with van der Waals surface area (Å²) in [6.45, 7) is 1.25. The van der Waals surface area contributed by atoms with Crippen LogP contribution in [0.15, 0.2) is 45.6 Å². The van der Waals surface area contributed by atoms with Crippen molar-refractivity contribution in [2.24, 2.45) is 7.05 Å². The first-order valence-corrected chi connectivity index (χ1v) is 9.34. The maximum absolute atomic E-state index is 12.4. The molecule has 0 aliphatic carbocycles. The van der Waals surface area contributed by atoms with E-state index in [1.54, 1.807) is 12.3 Å². The highest BCUT2D eigenvalue weighted by Gasteiger charge is 2.16. The molecule has 0 aliphatic heterocycles. The molecule has 0 saturated carbocycles. The van der Waals surface area contributed by atoms with Crippen LogP contribution in [0, 0.1) is 0 Å². The Bertz CT molecular complexity index is 1110. The summed E-state index contributed by atoms with van der Waals surface area (Å²) in [6, 6.07) is 9.35. The SMILES string of the molecule is Cn1c(C(=O)NCCCn2ncc3c(Cl)cccc32)cc2oc(Br)cc21. The maximum atomic E-state index is 12.4. The molecule has 4 aromatic rings. The van der Waals surface area contributed by atoms with E-state index in [-0.39, 0.29) is 5.91 Å². The third-order valence-corrected chi connectivity index (χ3v) is 5.12. The summed E-state index contributed by atoms with van der Waals surface area (Å²) in [7, 11) is 1.85. The van der Waals surface area contributed by atoms with Gasteiger partial charge in [-0.05, 0) is 34.5 Å². The summed E-state index contributed by atoms with van der Waals surface area (Å²) in [5, 5.41) is 8.96. The van der Waals surface area contributed by atoms with E-state index in [0.717, 1.165) is 22.8 Å². The van der Waals surface area contributed by atoms with Crippen LogP contribution in [0.3, 0.4) is 0 Å². The van der Waals surface area contributed by atoms with Crippen LogP contribution < -0.4 is 5.32 Å². The van der Waals surface area contributed by atoms with Crippen molar-refractivity contribution in [3.63, 3.8) is 0 Å². The van der Waals surface area contributed by atoms with Gasteiger partial charge in [0.2, 0.25) is 0 Å². The van der Waals surface area contributed by atoms with Gasteiger partial charge in [0.25, 0.3) is 5.91 Å². The van der Waals surface area contributed by atoms with Crippen LogP contribution in [-0.2, 0) is 13.6 Å². The first-order valence-electron chi connectivity index (χ1n) is 8.17. The Morgan fingerprint density at radius 3 is 3.00 bits per heavy atom. The van der Waals surface area contributed by atoms with Crippen molar-refractivity contribution < 1.29 is 9.21 Å². The maximum Gasteiger partial charge on any atom is 0.268 e. The Hall–Kier alpha value is -2.25. The fourth-order valence-corrected chi connectivity index (χ4v) is 3.68. The number of halogens is 2. The fourth-order valence-electron chi connectivity index (χ4n) is 3.07. The first-order chi connectivity index (χ1) is 12.5. The number of amides is 1. The van der Waals surface area contributed by atoms with Crippen molar-refractivity contribution in [3.8, 4) is 0 Å². The number of benzene rings is 1. The Morgan fingerprint density at radius 1 is 1.35 bits per heavy atom. The lowest BCUT2D eigenvalue weighted by molar-refractivity contribution is 0.0945. The van der Waals surface area contributed by atoms with Gasteiger partial charge in [0, 0.05) is 37.7 Å². The Morgan fingerprint density at radius 2 is 2.19 bits per heavy atom. The van der Waals surface area contributed by atoms with Crippen molar-refractivity contribution in [2.75, 3.05) is 6.54 Å². The van der Waals surface area contributed by atoms with Crippen LogP contribution in [0.1, 0.15) is 16.9 Å². The third kappa shape index (κ3) is 3.01. The number of rotatable bonds is 5. The lowest BCUT2D eigenvalue weighted by Gasteiger charge is -2.07. The molecule has 0 spiro atoms. The normalized spacial score (nSPS) is 11.5. The zero-order valence-electron chi connectivity index (χ0n) is 14.0. The molecule has 6 nitrogen and oxygen atoms in total. The van der Waals surface area contributed by atoms with E-state index < -0.39 is 0 Å². The van der Waals surface area contributed by atoms with Crippen molar-refractivity contribution in [1.29, 1.82) is 0 Å². The van der Waals surface area contributed by atoms with Crippen molar-refractivity contribution in [3.05, 3.63) is 51.9 Å². The van der Waals surface area contributed by atoms with Gasteiger partial charge in [-0.2, -0.15) is 5.10 Å². The van der Waals surface area contributed by atoms with E-state index >= 15 is 0 Å². The molecule has 0 aliphatic rings. The van der Waals surface area contributed by atoms with Gasteiger partial charge in [0.1, 0.15) is 5.69 Å². The molecule has 8 heteroatoms. The Kier molecular flexibility index (Phi) is 4.50. The number of nitrogens with one attached hydrogen (secondary N) is 1. The van der Waals surface area contributed by atoms with Gasteiger partial charge < -0.3 is 14.3 Å². The van der Waals surface area contributed by atoms with Gasteiger partial charge in [-0.15, -0.1) is 0 Å². The van der Waals surface area contributed by atoms with Crippen LogP contribution in [0.5, 0.6) is 0 Å². The van der Waals surface area contributed by atoms with Crippen molar-refractivity contribution >= 4 is 55.4 Å². The van der Waals surface area contributed by atoms with Gasteiger partial charge in [0.05, 0.1) is 22.3 Å². The van der Waals surface area contributed by atoms with Gasteiger partial charge in [-0.1, -0.05) is 17.7 Å². The Labute approximate surface area is 162 Å². The van der Waals surface area contributed by atoms with E-state index in [4.69, 9.17) is 16.0 Å². The molecule has 0 bridgehead atoms. The fraction of sp³-hybridized carbons (Fsp3) is 0.222. The summed E-state index contributed by atoms with van der Waals surface area (Å²) in [6.07, 6.45) is 2.54. The lowest BCUT2D eigenvalue weighted by Crippen LogP contribution is -2.27. The number of aromatic nitrogens is 3. The predicted molar refractivity (Wildman–Crippen MR) is 105 cm³/mol. The van der Waals surface area contributed by atoms with E-state index in [9.17, 15) is 4.79 Å². The van der Waals surface area contributed by atoms with E-state index in [1.165, 1.54) is 0 Å². The van der Waals surface area contributed by atoms with E-state index in [1.807, 2.05) is 40.6 Å². The predicted octanol–water partition coefficient (Wildman–Crippen LogP) is 4.36. The summed E-state index contributed by atoms with van der Waals surface area (Å²) in [5.74, 6) is -0.122. The number of furan rings is 1. The monoisotopic (exact) mass is 434 g/mol. The number of carbonyl (C=O) groups is 1. The highest BCUT2D eigenvalue weighted by Crippen LogP contribution is 2.26. The number of hydrogen-bond donors (Lipinski definition) is 1. The van der Waals surface area contributed by atoms with E-state index in [0.29, 0.717) is 34.1 Å². The molecule has 3 aromatic heterocycles. The minimum absolute atomic E-state index is 0.122.